The second-order valence-electron chi connectivity index (χ2n) is 5.60. The van der Waals surface area contributed by atoms with E-state index in [0.717, 1.165) is 0 Å². The first kappa shape index (κ1) is 17.0. The number of carbonyl (C=O) groups is 3. The van der Waals surface area contributed by atoms with Crippen LogP contribution in [0.2, 0.25) is 5.02 Å². The van der Waals surface area contributed by atoms with E-state index in [0.29, 0.717) is 22.1 Å². The molecule has 1 aliphatic rings. The number of benzene rings is 2. The highest BCUT2D eigenvalue weighted by molar-refractivity contribution is 6.30. The molecule has 2 aromatic carbocycles. The molecule has 2 N–H and O–H groups in total. The molecule has 3 amide bonds. The van der Waals surface area contributed by atoms with E-state index >= 15 is 0 Å². The van der Waals surface area contributed by atoms with Gasteiger partial charge in [-0.1, -0.05) is 23.7 Å². The lowest BCUT2D eigenvalue weighted by Crippen LogP contribution is -2.42. The molecule has 128 valence electrons. The van der Waals surface area contributed by atoms with Crippen LogP contribution in [0, 0.1) is 0 Å². The third-order valence-electron chi connectivity index (χ3n) is 3.77. The van der Waals surface area contributed by atoms with Crippen LogP contribution in [0.3, 0.4) is 0 Å². The molecule has 0 saturated carbocycles. The van der Waals surface area contributed by atoms with E-state index in [1.54, 1.807) is 48.5 Å². The Morgan fingerprint density at radius 3 is 2.56 bits per heavy atom. The van der Waals surface area contributed by atoms with E-state index < -0.39 is 0 Å². The highest BCUT2D eigenvalue weighted by Gasteiger charge is 2.26. The van der Waals surface area contributed by atoms with Crippen molar-refractivity contribution < 1.29 is 14.4 Å². The quantitative estimate of drug-likeness (QED) is 0.882. The van der Waals surface area contributed by atoms with Gasteiger partial charge in [-0.15, -0.1) is 0 Å². The Morgan fingerprint density at radius 2 is 1.80 bits per heavy atom. The lowest BCUT2D eigenvalue weighted by atomic mass is 10.1. The Morgan fingerprint density at radius 1 is 1.08 bits per heavy atom. The summed E-state index contributed by atoms with van der Waals surface area (Å²) < 4.78 is 0. The largest absolute Gasteiger partial charge is 0.326 e. The molecule has 0 aliphatic carbocycles. The minimum absolute atomic E-state index is 0.0149. The minimum atomic E-state index is -0.273. The topological polar surface area (TPSA) is 78.5 Å². The summed E-state index contributed by atoms with van der Waals surface area (Å²) in [7, 11) is 0. The lowest BCUT2D eigenvalue weighted by molar-refractivity contribution is -0.124. The summed E-state index contributed by atoms with van der Waals surface area (Å²) in [5.41, 5.74) is 1.85. The second kappa shape index (κ2) is 7.36. The van der Waals surface area contributed by atoms with Gasteiger partial charge in [-0.25, -0.2) is 0 Å². The summed E-state index contributed by atoms with van der Waals surface area (Å²) in [5, 5.41) is 6.01. The molecule has 25 heavy (non-hydrogen) atoms. The molecule has 0 aromatic heterocycles. The van der Waals surface area contributed by atoms with E-state index in [1.807, 2.05) is 0 Å². The number of carbonyl (C=O) groups excluding carboxylic acids is 3. The molecule has 0 bridgehead atoms. The number of hydrogen-bond donors (Lipinski definition) is 2. The zero-order chi connectivity index (χ0) is 17.8. The van der Waals surface area contributed by atoms with Gasteiger partial charge in [0.1, 0.15) is 6.54 Å². The SMILES string of the molecule is O=C(CCC(=O)N1CC(=O)Nc2ccccc21)Nc1ccc(Cl)cc1. The number of para-hydroxylation sites is 2. The van der Waals surface area contributed by atoms with Crippen LogP contribution in [0.15, 0.2) is 48.5 Å². The highest BCUT2D eigenvalue weighted by Crippen LogP contribution is 2.29. The Hall–Kier alpha value is -2.86. The van der Waals surface area contributed by atoms with Crippen LogP contribution in [-0.2, 0) is 14.4 Å². The van der Waals surface area contributed by atoms with Crippen molar-refractivity contribution in [2.75, 3.05) is 22.1 Å². The van der Waals surface area contributed by atoms with Gasteiger partial charge in [-0.3, -0.25) is 14.4 Å². The van der Waals surface area contributed by atoms with Crippen LogP contribution in [0.25, 0.3) is 0 Å². The van der Waals surface area contributed by atoms with Crippen molar-refractivity contribution in [2.45, 2.75) is 12.8 Å². The summed E-state index contributed by atoms with van der Waals surface area (Å²) in [5.74, 6) is -0.795. The number of halogens is 1. The van der Waals surface area contributed by atoms with Crippen molar-refractivity contribution in [2.24, 2.45) is 0 Å². The van der Waals surface area contributed by atoms with E-state index in [4.69, 9.17) is 11.6 Å². The zero-order valence-electron chi connectivity index (χ0n) is 13.3. The molecular weight excluding hydrogens is 342 g/mol. The number of rotatable bonds is 4. The monoisotopic (exact) mass is 357 g/mol. The van der Waals surface area contributed by atoms with Gasteiger partial charge in [0, 0.05) is 23.6 Å². The van der Waals surface area contributed by atoms with Crippen LogP contribution in [0.4, 0.5) is 17.1 Å². The van der Waals surface area contributed by atoms with Gasteiger partial charge in [0.05, 0.1) is 11.4 Å². The second-order valence-corrected chi connectivity index (χ2v) is 6.04. The first-order chi connectivity index (χ1) is 12.0. The Bertz CT molecular complexity index is 821. The maximum Gasteiger partial charge on any atom is 0.244 e. The van der Waals surface area contributed by atoms with Crippen molar-refractivity contribution in [1.29, 1.82) is 0 Å². The van der Waals surface area contributed by atoms with Crippen LogP contribution in [0.1, 0.15) is 12.8 Å². The predicted octanol–water partition coefficient (Wildman–Crippen LogP) is 3.04. The van der Waals surface area contributed by atoms with E-state index in [-0.39, 0.29) is 37.1 Å². The fourth-order valence-electron chi connectivity index (χ4n) is 2.57. The summed E-state index contributed by atoms with van der Waals surface area (Å²) in [6, 6.07) is 13.8. The van der Waals surface area contributed by atoms with E-state index in [9.17, 15) is 14.4 Å². The molecule has 3 rings (SSSR count). The molecule has 1 aliphatic heterocycles. The van der Waals surface area contributed by atoms with Crippen LogP contribution in [0.5, 0.6) is 0 Å². The van der Waals surface area contributed by atoms with Gasteiger partial charge in [0.15, 0.2) is 0 Å². The summed E-state index contributed by atoms with van der Waals surface area (Å²) in [6.07, 6.45) is 0.0444. The maximum absolute atomic E-state index is 12.5. The zero-order valence-corrected chi connectivity index (χ0v) is 14.0. The molecule has 0 radical (unpaired) electrons. The van der Waals surface area contributed by atoms with E-state index in [2.05, 4.69) is 10.6 Å². The van der Waals surface area contributed by atoms with Gasteiger partial charge >= 0.3 is 0 Å². The number of anilines is 3. The first-order valence-electron chi connectivity index (χ1n) is 7.77. The molecule has 0 fully saturated rings. The average Bonchev–Trinajstić information content (AvgIpc) is 2.61. The molecule has 6 nitrogen and oxygen atoms in total. The molecule has 0 spiro atoms. The number of amides is 3. The summed E-state index contributed by atoms with van der Waals surface area (Å²) >= 11 is 5.79. The van der Waals surface area contributed by atoms with Crippen molar-refractivity contribution in [3.8, 4) is 0 Å². The van der Waals surface area contributed by atoms with Gasteiger partial charge in [-0.2, -0.15) is 0 Å². The maximum atomic E-state index is 12.5. The molecule has 0 atom stereocenters. The van der Waals surface area contributed by atoms with Crippen molar-refractivity contribution in [3.05, 3.63) is 53.6 Å². The normalized spacial score (nSPS) is 13.0. The third kappa shape index (κ3) is 4.16. The molecule has 0 unspecified atom stereocenters. The summed E-state index contributed by atoms with van der Waals surface area (Å²) in [6.45, 7) is -0.0470. The Kier molecular flexibility index (Phi) is 5.00. The smallest absolute Gasteiger partial charge is 0.244 e. The lowest BCUT2D eigenvalue weighted by Gasteiger charge is -2.29. The van der Waals surface area contributed by atoms with Crippen molar-refractivity contribution in [3.63, 3.8) is 0 Å². The number of nitrogens with one attached hydrogen (secondary N) is 2. The molecule has 2 aromatic rings. The number of fused-ring (bicyclic) bond motifs is 1. The molecular formula is C18H16ClN3O3. The molecule has 0 saturated heterocycles. The Balaban J connectivity index is 1.60. The minimum Gasteiger partial charge on any atom is -0.326 e. The van der Waals surface area contributed by atoms with Crippen molar-refractivity contribution in [1.82, 2.24) is 0 Å². The fourth-order valence-corrected chi connectivity index (χ4v) is 2.69. The number of nitrogens with zero attached hydrogens (tertiary/aromatic N) is 1. The standard InChI is InChI=1S/C18H16ClN3O3/c19-12-5-7-13(8-6-12)20-16(23)9-10-18(25)22-11-17(24)21-14-3-1-2-4-15(14)22/h1-8H,9-11H2,(H,20,23)(H,21,24). The number of hydrogen-bond acceptors (Lipinski definition) is 3. The third-order valence-corrected chi connectivity index (χ3v) is 4.02. The fraction of sp³-hybridized carbons (Fsp3) is 0.167. The van der Waals surface area contributed by atoms with Crippen LogP contribution in [-0.4, -0.2) is 24.3 Å². The van der Waals surface area contributed by atoms with Gasteiger partial charge in [-0.05, 0) is 36.4 Å². The van der Waals surface area contributed by atoms with Crippen LogP contribution < -0.4 is 15.5 Å². The summed E-state index contributed by atoms with van der Waals surface area (Å²) in [4.78, 5) is 37.6. The van der Waals surface area contributed by atoms with Gasteiger partial charge in [0.2, 0.25) is 17.7 Å². The molecule has 7 heteroatoms. The van der Waals surface area contributed by atoms with E-state index in [1.165, 1.54) is 4.90 Å². The van der Waals surface area contributed by atoms with Gasteiger partial charge in [0.25, 0.3) is 0 Å². The predicted molar refractivity (Wildman–Crippen MR) is 96.7 cm³/mol. The highest BCUT2D eigenvalue weighted by atomic mass is 35.5. The van der Waals surface area contributed by atoms with Crippen molar-refractivity contribution >= 4 is 46.4 Å². The molecule has 1 heterocycles. The average molecular weight is 358 g/mol. The Labute approximate surface area is 149 Å². The van der Waals surface area contributed by atoms with Gasteiger partial charge < -0.3 is 15.5 Å². The van der Waals surface area contributed by atoms with Crippen LogP contribution >= 0.6 is 11.6 Å². The first-order valence-corrected chi connectivity index (χ1v) is 8.15.